The zero-order valence-electron chi connectivity index (χ0n) is 25.5. The van der Waals surface area contributed by atoms with E-state index in [9.17, 15) is 5.26 Å². The minimum absolute atomic E-state index is 0.207. The fourth-order valence-electron chi connectivity index (χ4n) is 6.05. The van der Waals surface area contributed by atoms with Gasteiger partial charge in [-0.05, 0) is 84.3 Å². The highest BCUT2D eigenvalue weighted by Crippen LogP contribution is 2.51. The Labute approximate surface area is 224 Å². The molecule has 1 nitrogen and oxygen atoms in total. The lowest BCUT2D eigenvalue weighted by molar-refractivity contribution is 0.660. The Hall–Kier alpha value is -4.67. The lowest BCUT2D eigenvalue weighted by Gasteiger charge is -2.23. The van der Waals surface area contributed by atoms with E-state index in [0.717, 1.165) is 49.4 Å². The van der Waals surface area contributed by atoms with Gasteiger partial charge in [0.2, 0.25) is 0 Å². The summed E-state index contributed by atoms with van der Waals surface area (Å²) in [6.07, 6.45) is 0. The van der Waals surface area contributed by atoms with Crippen LogP contribution in [0.5, 0.6) is 0 Å². The maximum absolute atomic E-state index is 9.53. The Morgan fingerprint density at radius 2 is 1.14 bits per heavy atom. The molecule has 0 heterocycles. The van der Waals surface area contributed by atoms with E-state index in [1.165, 1.54) is 5.56 Å². The predicted molar refractivity (Wildman–Crippen MR) is 155 cm³/mol. The van der Waals surface area contributed by atoms with Crippen molar-refractivity contribution >= 4 is 21.5 Å². The van der Waals surface area contributed by atoms with Crippen molar-refractivity contribution in [3.63, 3.8) is 0 Å². The van der Waals surface area contributed by atoms with Crippen LogP contribution in [-0.2, 0) is 5.41 Å². The lowest BCUT2D eigenvalue weighted by atomic mass is 9.80. The number of nitriles is 1. The summed E-state index contributed by atoms with van der Waals surface area (Å²) in [5, 5.41) is 13.1. The van der Waals surface area contributed by atoms with Crippen LogP contribution >= 0.6 is 0 Å². The summed E-state index contributed by atoms with van der Waals surface area (Å²) < 4.78 is 42.3. The highest BCUT2D eigenvalue weighted by atomic mass is 14.4. The summed E-state index contributed by atoms with van der Waals surface area (Å²) >= 11 is 0. The van der Waals surface area contributed by atoms with Crippen molar-refractivity contribution in [2.24, 2.45) is 0 Å². The summed E-state index contributed by atoms with van der Waals surface area (Å²) in [5.74, 6) is 0. The molecule has 1 aliphatic carbocycles. The normalized spacial score (nSPS) is 15.2. The van der Waals surface area contributed by atoms with Crippen LogP contribution < -0.4 is 0 Å². The van der Waals surface area contributed by atoms with E-state index in [2.05, 4.69) is 38.1 Å². The second kappa shape index (κ2) is 7.92. The Morgan fingerprint density at radius 1 is 0.622 bits per heavy atom. The van der Waals surface area contributed by atoms with E-state index < -0.39 is 6.04 Å². The topological polar surface area (TPSA) is 23.8 Å². The molecule has 37 heavy (non-hydrogen) atoms. The monoisotopic (exact) mass is 476 g/mol. The van der Waals surface area contributed by atoms with Crippen LogP contribution in [0.3, 0.4) is 0 Å². The van der Waals surface area contributed by atoms with Gasteiger partial charge in [0.05, 0.1) is 18.5 Å². The van der Waals surface area contributed by atoms with Gasteiger partial charge in [-0.15, -0.1) is 0 Å². The van der Waals surface area contributed by atoms with Crippen molar-refractivity contribution in [1.29, 1.82) is 5.26 Å². The van der Waals surface area contributed by atoms with Gasteiger partial charge in [-0.2, -0.15) is 5.26 Å². The van der Waals surface area contributed by atoms with Crippen LogP contribution in [0.4, 0.5) is 0 Å². The minimum atomic E-state index is -0.400. The molecular weight excluding hydrogens is 446 g/mol. The fraction of sp³-hybridized carbons (Fsp3) is 0.0833. The van der Waals surface area contributed by atoms with Crippen LogP contribution in [0, 0.1) is 11.3 Å². The molecule has 1 heteroatoms. The van der Waals surface area contributed by atoms with Gasteiger partial charge in [-0.25, -0.2) is 0 Å². The first-order valence-corrected chi connectivity index (χ1v) is 12.4. The molecule has 174 valence electrons. The van der Waals surface area contributed by atoms with Gasteiger partial charge in [-0.1, -0.05) is 111 Å². The standard InChI is InChI=1S/C36H25N/c1-36(2)32-20-23(22-37)16-18-26(32)27-19-17-25(21-33(27)36)35-30-14-8-6-12-28(30)34(24-10-4-3-5-11-24)29-13-7-9-15-31(29)35/h3-21H,1-2H3/i3D,4D,5D,10D,11D. The zero-order chi connectivity index (χ0) is 29.5. The zero-order valence-corrected chi connectivity index (χ0v) is 20.5. The van der Waals surface area contributed by atoms with E-state index in [1.54, 1.807) is 0 Å². The minimum Gasteiger partial charge on any atom is -0.192 e. The summed E-state index contributed by atoms with van der Waals surface area (Å²) in [7, 11) is 0. The average molecular weight is 477 g/mol. The molecule has 1 aliphatic rings. The summed E-state index contributed by atoms with van der Waals surface area (Å²) in [5.41, 5.74) is 7.90. The highest BCUT2D eigenvalue weighted by Gasteiger charge is 2.36. The summed E-state index contributed by atoms with van der Waals surface area (Å²) in [4.78, 5) is 0. The third-order valence-electron chi connectivity index (χ3n) is 7.78. The first-order chi connectivity index (χ1) is 20.1. The molecule has 0 aromatic heterocycles. The van der Waals surface area contributed by atoms with Crippen molar-refractivity contribution in [2.45, 2.75) is 19.3 Å². The van der Waals surface area contributed by atoms with Crippen LogP contribution in [0.25, 0.3) is 54.9 Å². The van der Waals surface area contributed by atoms with Crippen LogP contribution in [0.15, 0.2) is 115 Å². The Bertz CT molecular complexity index is 2100. The van der Waals surface area contributed by atoms with Gasteiger partial charge in [0.15, 0.2) is 0 Å². The highest BCUT2D eigenvalue weighted by molar-refractivity contribution is 6.21. The molecular formula is C36H25N. The maximum atomic E-state index is 9.53. The first kappa shape index (κ1) is 16.9. The first-order valence-electron chi connectivity index (χ1n) is 14.9. The lowest BCUT2D eigenvalue weighted by Crippen LogP contribution is -2.15. The second-order valence-corrected chi connectivity index (χ2v) is 10.1. The third kappa shape index (κ3) is 3.09. The molecule has 0 bridgehead atoms. The van der Waals surface area contributed by atoms with Crippen LogP contribution in [0.1, 0.15) is 37.4 Å². The van der Waals surface area contributed by atoms with Crippen molar-refractivity contribution in [3.8, 4) is 39.4 Å². The molecule has 0 spiro atoms. The molecule has 0 aliphatic heterocycles. The van der Waals surface area contributed by atoms with Gasteiger partial charge < -0.3 is 0 Å². The van der Waals surface area contributed by atoms with Crippen molar-refractivity contribution in [1.82, 2.24) is 0 Å². The Balaban J connectivity index is 1.57. The summed E-state index contributed by atoms with van der Waals surface area (Å²) in [6.45, 7) is 4.39. The maximum Gasteiger partial charge on any atom is 0.0991 e. The summed E-state index contributed by atoms with van der Waals surface area (Å²) in [6, 6.07) is 29.1. The van der Waals surface area contributed by atoms with Crippen LogP contribution in [-0.4, -0.2) is 0 Å². The second-order valence-electron chi connectivity index (χ2n) is 10.1. The number of hydrogen-bond acceptors (Lipinski definition) is 1. The SMILES string of the molecule is [2H]c1c([2H])c([2H])c(-c2c3ccccc3c(-c3ccc4c(c3)C(C)(C)c3cc(C#N)ccc3-4)c3ccccc23)c([2H])c1[2H]. The predicted octanol–water partition coefficient (Wildman–Crippen LogP) is 9.50. The van der Waals surface area contributed by atoms with Gasteiger partial charge in [0.25, 0.3) is 0 Å². The smallest absolute Gasteiger partial charge is 0.0991 e. The third-order valence-corrected chi connectivity index (χ3v) is 7.78. The largest absolute Gasteiger partial charge is 0.192 e. The van der Waals surface area contributed by atoms with Gasteiger partial charge in [-0.3, -0.25) is 0 Å². The molecule has 0 N–H and O–H groups in total. The Morgan fingerprint density at radius 3 is 1.70 bits per heavy atom. The number of fused-ring (bicyclic) bond motifs is 5. The van der Waals surface area contributed by atoms with Gasteiger partial charge >= 0.3 is 0 Å². The van der Waals surface area contributed by atoms with Gasteiger partial charge in [0.1, 0.15) is 0 Å². The molecule has 0 fully saturated rings. The van der Waals surface area contributed by atoms with Gasteiger partial charge in [0, 0.05) is 5.41 Å². The molecule has 0 saturated carbocycles. The van der Waals surface area contributed by atoms with E-state index >= 15 is 0 Å². The van der Waals surface area contributed by atoms with E-state index in [1.807, 2.05) is 66.7 Å². The van der Waals surface area contributed by atoms with Crippen molar-refractivity contribution < 1.29 is 6.85 Å². The molecule has 0 radical (unpaired) electrons. The average Bonchev–Trinajstić information content (AvgIpc) is 3.23. The van der Waals surface area contributed by atoms with E-state index in [4.69, 9.17) is 6.85 Å². The number of benzene rings is 6. The van der Waals surface area contributed by atoms with E-state index in [-0.39, 0.29) is 35.1 Å². The number of rotatable bonds is 2. The quantitative estimate of drug-likeness (QED) is 0.228. The van der Waals surface area contributed by atoms with E-state index in [0.29, 0.717) is 11.1 Å². The fourth-order valence-corrected chi connectivity index (χ4v) is 6.05. The molecule has 0 amide bonds. The Kier molecular flexibility index (Phi) is 3.62. The van der Waals surface area contributed by atoms with Crippen molar-refractivity contribution in [3.05, 3.63) is 132 Å². The molecule has 7 rings (SSSR count). The molecule has 6 aromatic rings. The molecule has 0 unspecified atom stereocenters. The number of hydrogen-bond donors (Lipinski definition) is 0. The molecule has 6 aromatic carbocycles. The molecule has 0 atom stereocenters. The van der Waals surface area contributed by atoms with Crippen LogP contribution in [0.2, 0.25) is 0 Å². The molecule has 0 saturated heterocycles. The van der Waals surface area contributed by atoms with Crippen molar-refractivity contribution in [2.75, 3.05) is 0 Å². The number of nitrogens with zero attached hydrogens (tertiary/aromatic N) is 1.